The van der Waals surface area contributed by atoms with E-state index in [2.05, 4.69) is 0 Å². The molecule has 0 saturated carbocycles. The second-order valence-corrected chi connectivity index (χ2v) is 6.41. The summed E-state index contributed by atoms with van der Waals surface area (Å²) in [6.45, 7) is 6.37. The van der Waals surface area contributed by atoms with Crippen molar-refractivity contribution in [1.82, 2.24) is 4.90 Å². The Balaban J connectivity index is 2.13. The molecule has 0 atom stereocenters. The van der Waals surface area contributed by atoms with Gasteiger partial charge >= 0.3 is 0 Å². The van der Waals surface area contributed by atoms with Crippen molar-refractivity contribution >= 4 is 29.1 Å². The maximum atomic E-state index is 12.8. The zero-order valence-electron chi connectivity index (χ0n) is 14.8. The summed E-state index contributed by atoms with van der Waals surface area (Å²) in [5.41, 5.74) is 2.88. The van der Waals surface area contributed by atoms with Crippen LogP contribution in [0.5, 0.6) is 0 Å². The number of likely N-dealkylation sites (N-methyl/N-ethyl adjacent to an activating group) is 1. The number of amides is 2. The molecule has 0 fully saturated rings. The number of anilines is 1. The first-order chi connectivity index (χ1) is 11.9. The van der Waals surface area contributed by atoms with Crippen LogP contribution in [0, 0.1) is 6.92 Å². The third-order valence-corrected chi connectivity index (χ3v) is 4.24. The summed E-state index contributed by atoms with van der Waals surface area (Å²) in [6.07, 6.45) is 0. The number of aryl methyl sites for hydroxylation is 1. The van der Waals surface area contributed by atoms with Gasteiger partial charge in [-0.05, 0) is 49.2 Å². The SMILES string of the molecule is CCN(C(=O)CN(Cc1ccc(Cl)cc1)C(C)=O)c1cccc(C)c1. The standard InChI is InChI=1S/C20H23ClN2O2/c1-4-23(19-7-5-6-15(2)12-19)20(25)14-22(16(3)24)13-17-8-10-18(21)11-9-17/h5-12H,4,13-14H2,1-3H3. The molecule has 2 aromatic rings. The van der Waals surface area contributed by atoms with E-state index in [1.165, 1.54) is 6.92 Å². The minimum Gasteiger partial charge on any atom is -0.329 e. The summed E-state index contributed by atoms with van der Waals surface area (Å²) < 4.78 is 0. The Labute approximate surface area is 154 Å². The molecule has 2 amide bonds. The molecule has 0 unspecified atom stereocenters. The highest BCUT2D eigenvalue weighted by Crippen LogP contribution is 2.17. The number of halogens is 1. The van der Waals surface area contributed by atoms with E-state index in [0.29, 0.717) is 18.1 Å². The highest BCUT2D eigenvalue weighted by Gasteiger charge is 2.19. The smallest absolute Gasteiger partial charge is 0.246 e. The largest absolute Gasteiger partial charge is 0.329 e. The Morgan fingerprint density at radius 1 is 1.08 bits per heavy atom. The molecule has 25 heavy (non-hydrogen) atoms. The van der Waals surface area contributed by atoms with Crippen LogP contribution in [0.3, 0.4) is 0 Å². The predicted molar refractivity (Wildman–Crippen MR) is 102 cm³/mol. The van der Waals surface area contributed by atoms with Crippen molar-refractivity contribution in [2.45, 2.75) is 27.3 Å². The number of carbonyl (C=O) groups is 2. The Morgan fingerprint density at radius 2 is 1.76 bits per heavy atom. The Hall–Kier alpha value is -2.33. The molecule has 4 nitrogen and oxygen atoms in total. The molecule has 0 aliphatic rings. The van der Waals surface area contributed by atoms with Crippen molar-refractivity contribution < 1.29 is 9.59 Å². The van der Waals surface area contributed by atoms with Crippen LogP contribution < -0.4 is 4.90 Å². The fourth-order valence-electron chi connectivity index (χ4n) is 2.64. The summed E-state index contributed by atoms with van der Waals surface area (Å²) in [5.74, 6) is -0.235. The lowest BCUT2D eigenvalue weighted by Crippen LogP contribution is -2.42. The first-order valence-electron chi connectivity index (χ1n) is 8.27. The summed E-state index contributed by atoms with van der Waals surface area (Å²) >= 11 is 5.89. The first kappa shape index (κ1) is 19.0. The van der Waals surface area contributed by atoms with E-state index in [9.17, 15) is 9.59 Å². The summed E-state index contributed by atoms with van der Waals surface area (Å²) in [6, 6.07) is 15.1. The van der Waals surface area contributed by atoms with Gasteiger partial charge in [0, 0.05) is 30.7 Å². The van der Waals surface area contributed by atoms with Gasteiger partial charge in [-0.1, -0.05) is 35.9 Å². The number of rotatable bonds is 6. The lowest BCUT2D eigenvalue weighted by molar-refractivity contribution is -0.134. The van der Waals surface area contributed by atoms with Gasteiger partial charge in [0.1, 0.15) is 6.54 Å². The molecule has 0 radical (unpaired) electrons. The van der Waals surface area contributed by atoms with Crippen molar-refractivity contribution in [2.75, 3.05) is 18.0 Å². The summed E-state index contributed by atoms with van der Waals surface area (Å²) in [7, 11) is 0. The van der Waals surface area contributed by atoms with E-state index in [-0.39, 0.29) is 18.4 Å². The lowest BCUT2D eigenvalue weighted by atomic mass is 10.2. The molecular weight excluding hydrogens is 336 g/mol. The number of hydrogen-bond donors (Lipinski definition) is 0. The van der Waals surface area contributed by atoms with Gasteiger partial charge in [0.15, 0.2) is 0 Å². The van der Waals surface area contributed by atoms with E-state index in [1.807, 2.05) is 50.2 Å². The molecule has 0 saturated heterocycles. The highest BCUT2D eigenvalue weighted by atomic mass is 35.5. The second kappa shape index (κ2) is 8.67. The van der Waals surface area contributed by atoms with E-state index in [4.69, 9.17) is 11.6 Å². The van der Waals surface area contributed by atoms with Crippen LogP contribution in [-0.2, 0) is 16.1 Å². The van der Waals surface area contributed by atoms with Crippen molar-refractivity contribution in [3.63, 3.8) is 0 Å². The first-order valence-corrected chi connectivity index (χ1v) is 8.65. The summed E-state index contributed by atoms with van der Waals surface area (Å²) in [4.78, 5) is 28.0. The summed E-state index contributed by atoms with van der Waals surface area (Å²) in [5, 5.41) is 0.644. The average Bonchev–Trinajstić information content (AvgIpc) is 2.57. The molecular formula is C20H23ClN2O2. The number of carbonyl (C=O) groups excluding carboxylic acids is 2. The maximum Gasteiger partial charge on any atom is 0.246 e. The lowest BCUT2D eigenvalue weighted by Gasteiger charge is -2.26. The van der Waals surface area contributed by atoms with Crippen LogP contribution in [-0.4, -0.2) is 29.8 Å². The number of benzene rings is 2. The van der Waals surface area contributed by atoms with E-state index in [1.54, 1.807) is 21.9 Å². The maximum absolute atomic E-state index is 12.8. The minimum atomic E-state index is -0.136. The van der Waals surface area contributed by atoms with Gasteiger partial charge in [0.2, 0.25) is 11.8 Å². The molecule has 0 aliphatic heterocycles. The van der Waals surface area contributed by atoms with Crippen LogP contribution in [0.2, 0.25) is 5.02 Å². The minimum absolute atomic E-state index is 0.0414. The molecule has 5 heteroatoms. The van der Waals surface area contributed by atoms with Crippen LogP contribution in [0.4, 0.5) is 5.69 Å². The van der Waals surface area contributed by atoms with Crippen molar-refractivity contribution in [3.8, 4) is 0 Å². The second-order valence-electron chi connectivity index (χ2n) is 5.98. The molecule has 0 spiro atoms. The van der Waals surface area contributed by atoms with Gasteiger partial charge in [-0.15, -0.1) is 0 Å². The Bertz CT molecular complexity index is 744. The van der Waals surface area contributed by atoms with Gasteiger partial charge in [-0.25, -0.2) is 0 Å². The quantitative estimate of drug-likeness (QED) is 0.781. The molecule has 2 aromatic carbocycles. The van der Waals surface area contributed by atoms with Gasteiger partial charge < -0.3 is 9.80 Å². The highest BCUT2D eigenvalue weighted by molar-refractivity contribution is 6.30. The van der Waals surface area contributed by atoms with Crippen molar-refractivity contribution in [1.29, 1.82) is 0 Å². The van der Waals surface area contributed by atoms with Crippen LogP contribution in [0.15, 0.2) is 48.5 Å². The topological polar surface area (TPSA) is 40.6 Å². The number of nitrogens with zero attached hydrogens (tertiary/aromatic N) is 2. The van der Waals surface area contributed by atoms with Gasteiger partial charge in [-0.2, -0.15) is 0 Å². The zero-order valence-corrected chi connectivity index (χ0v) is 15.6. The molecule has 0 aliphatic carbocycles. The monoisotopic (exact) mass is 358 g/mol. The van der Waals surface area contributed by atoms with Gasteiger partial charge in [0.25, 0.3) is 0 Å². The van der Waals surface area contributed by atoms with E-state index >= 15 is 0 Å². The average molecular weight is 359 g/mol. The molecule has 0 aromatic heterocycles. The normalized spacial score (nSPS) is 10.4. The molecule has 0 heterocycles. The molecule has 2 rings (SSSR count). The fraction of sp³-hybridized carbons (Fsp3) is 0.300. The fourth-order valence-corrected chi connectivity index (χ4v) is 2.76. The van der Waals surface area contributed by atoms with Crippen LogP contribution >= 0.6 is 11.6 Å². The molecule has 0 N–H and O–H groups in total. The van der Waals surface area contributed by atoms with Crippen molar-refractivity contribution in [3.05, 3.63) is 64.7 Å². The van der Waals surface area contributed by atoms with E-state index in [0.717, 1.165) is 16.8 Å². The third-order valence-electron chi connectivity index (χ3n) is 3.99. The van der Waals surface area contributed by atoms with E-state index < -0.39 is 0 Å². The van der Waals surface area contributed by atoms with Crippen LogP contribution in [0.25, 0.3) is 0 Å². The molecule has 132 valence electrons. The van der Waals surface area contributed by atoms with Crippen molar-refractivity contribution in [2.24, 2.45) is 0 Å². The zero-order chi connectivity index (χ0) is 18.4. The Kier molecular flexibility index (Phi) is 6.59. The number of hydrogen-bond acceptors (Lipinski definition) is 2. The van der Waals surface area contributed by atoms with Crippen LogP contribution in [0.1, 0.15) is 25.0 Å². The van der Waals surface area contributed by atoms with Gasteiger partial charge in [-0.3, -0.25) is 9.59 Å². The van der Waals surface area contributed by atoms with Gasteiger partial charge in [0.05, 0.1) is 0 Å². The predicted octanol–water partition coefficient (Wildman–Crippen LogP) is 4.05. The molecule has 0 bridgehead atoms. The Morgan fingerprint density at radius 3 is 2.32 bits per heavy atom. The third kappa shape index (κ3) is 5.33.